The minimum Gasteiger partial charge on any atom is -0.391 e. The molecule has 7 nitrogen and oxygen atoms in total. The molecule has 1 saturated heterocycles. The molecular weight excluding hydrogens is 312 g/mol. The van der Waals surface area contributed by atoms with Gasteiger partial charge in [0.15, 0.2) is 0 Å². The van der Waals surface area contributed by atoms with E-state index in [0.29, 0.717) is 12.5 Å². The van der Waals surface area contributed by atoms with E-state index < -0.39 is 0 Å². The van der Waals surface area contributed by atoms with Crippen LogP contribution in [0.3, 0.4) is 0 Å². The van der Waals surface area contributed by atoms with Crippen LogP contribution in [0.5, 0.6) is 0 Å². The third-order valence-electron chi connectivity index (χ3n) is 3.10. The predicted molar refractivity (Wildman–Crippen MR) is 77.9 cm³/mol. The van der Waals surface area contributed by atoms with Crippen LogP contribution in [0.15, 0.2) is 10.7 Å². The Morgan fingerprint density at radius 1 is 1.63 bits per heavy atom. The number of hydrogen-bond acceptors (Lipinski definition) is 7. The molecule has 0 amide bonds. The van der Waals surface area contributed by atoms with Crippen LogP contribution in [0, 0.1) is 0 Å². The second-order valence-electron chi connectivity index (χ2n) is 4.97. The molecule has 8 heteroatoms. The number of halogens is 1. The minimum absolute atomic E-state index is 0.224. The number of hydrogen-bond donors (Lipinski definition) is 3. The molecule has 4 N–H and O–H groups in total. The lowest BCUT2D eigenvalue weighted by Gasteiger charge is -2.28. The lowest BCUT2D eigenvalue weighted by Crippen LogP contribution is -2.38. The zero-order valence-electron chi connectivity index (χ0n) is 11.0. The van der Waals surface area contributed by atoms with Crippen molar-refractivity contribution in [1.29, 1.82) is 0 Å². The van der Waals surface area contributed by atoms with Crippen molar-refractivity contribution in [2.45, 2.75) is 18.6 Å². The Morgan fingerprint density at radius 2 is 2.37 bits per heavy atom. The SMILES string of the molecule is CN(C)CC1CC(O)CN1c1nc(NN)ncc1Br. The first-order chi connectivity index (χ1) is 9.01. The van der Waals surface area contributed by atoms with E-state index >= 15 is 0 Å². The fraction of sp³-hybridized carbons (Fsp3) is 0.636. The van der Waals surface area contributed by atoms with Crippen LogP contribution in [0.1, 0.15) is 6.42 Å². The molecule has 2 rings (SSSR count). The monoisotopic (exact) mass is 330 g/mol. The largest absolute Gasteiger partial charge is 0.391 e. The Kier molecular flexibility index (Phi) is 4.56. The van der Waals surface area contributed by atoms with E-state index in [9.17, 15) is 5.11 Å². The van der Waals surface area contributed by atoms with Crippen molar-refractivity contribution in [2.75, 3.05) is 37.5 Å². The molecule has 0 radical (unpaired) electrons. The summed E-state index contributed by atoms with van der Waals surface area (Å²) < 4.78 is 0.796. The topological polar surface area (TPSA) is 90.5 Å². The highest BCUT2D eigenvalue weighted by molar-refractivity contribution is 9.10. The highest BCUT2D eigenvalue weighted by Gasteiger charge is 2.33. The van der Waals surface area contributed by atoms with Gasteiger partial charge in [-0.15, -0.1) is 0 Å². The number of aromatic nitrogens is 2. The summed E-state index contributed by atoms with van der Waals surface area (Å²) in [7, 11) is 4.04. The number of nitrogen functional groups attached to an aromatic ring is 1. The summed E-state index contributed by atoms with van der Waals surface area (Å²) in [4.78, 5) is 12.6. The number of nitrogens with two attached hydrogens (primary N) is 1. The zero-order valence-corrected chi connectivity index (χ0v) is 12.6. The normalized spacial score (nSPS) is 23.2. The number of nitrogens with zero attached hydrogens (tertiary/aromatic N) is 4. The number of anilines is 2. The first-order valence-electron chi connectivity index (χ1n) is 6.10. The average Bonchev–Trinajstić information content (AvgIpc) is 2.70. The Morgan fingerprint density at radius 3 is 3.00 bits per heavy atom. The first kappa shape index (κ1) is 14.4. The quantitative estimate of drug-likeness (QED) is 0.529. The van der Waals surface area contributed by atoms with E-state index in [4.69, 9.17) is 5.84 Å². The summed E-state index contributed by atoms with van der Waals surface area (Å²) in [6.45, 7) is 1.43. The van der Waals surface area contributed by atoms with Gasteiger partial charge in [-0.05, 0) is 36.4 Å². The molecule has 2 atom stereocenters. The molecular formula is C11H19BrN6O. The van der Waals surface area contributed by atoms with Crippen molar-refractivity contribution in [3.63, 3.8) is 0 Å². The zero-order chi connectivity index (χ0) is 14.0. The first-order valence-corrected chi connectivity index (χ1v) is 6.89. The van der Waals surface area contributed by atoms with Gasteiger partial charge in [-0.1, -0.05) is 0 Å². The molecule has 19 heavy (non-hydrogen) atoms. The van der Waals surface area contributed by atoms with E-state index in [1.165, 1.54) is 0 Å². The molecule has 106 valence electrons. The van der Waals surface area contributed by atoms with E-state index in [0.717, 1.165) is 23.3 Å². The predicted octanol–water partition coefficient (Wildman–Crippen LogP) is 0.0259. The number of aliphatic hydroxyl groups is 1. The molecule has 1 aromatic heterocycles. The van der Waals surface area contributed by atoms with Gasteiger partial charge in [-0.3, -0.25) is 5.43 Å². The van der Waals surface area contributed by atoms with E-state index in [1.54, 1.807) is 6.20 Å². The molecule has 1 aromatic rings. The minimum atomic E-state index is -0.332. The maximum absolute atomic E-state index is 9.90. The van der Waals surface area contributed by atoms with Crippen molar-refractivity contribution in [3.05, 3.63) is 10.7 Å². The highest BCUT2D eigenvalue weighted by atomic mass is 79.9. The van der Waals surface area contributed by atoms with Crippen LogP contribution in [0.25, 0.3) is 0 Å². The van der Waals surface area contributed by atoms with Crippen LogP contribution >= 0.6 is 15.9 Å². The van der Waals surface area contributed by atoms with Gasteiger partial charge in [0.05, 0.1) is 10.6 Å². The standard InChI is InChI=1S/C11H19BrN6O/c1-17(2)5-7-3-8(19)6-18(7)10-9(12)4-14-11(15-10)16-13/h4,7-8,19H,3,5-6,13H2,1-2H3,(H,14,15,16). The van der Waals surface area contributed by atoms with Gasteiger partial charge >= 0.3 is 0 Å². The van der Waals surface area contributed by atoms with Gasteiger partial charge in [0.25, 0.3) is 0 Å². The van der Waals surface area contributed by atoms with Gasteiger partial charge < -0.3 is 14.9 Å². The Hall–Kier alpha value is -0.960. The summed E-state index contributed by atoms with van der Waals surface area (Å²) in [5.74, 6) is 6.46. The number of nitrogens with one attached hydrogen (secondary N) is 1. The molecule has 0 aliphatic carbocycles. The fourth-order valence-corrected chi connectivity index (χ4v) is 2.79. The molecule has 1 aliphatic heterocycles. The van der Waals surface area contributed by atoms with Crippen LogP contribution < -0.4 is 16.2 Å². The van der Waals surface area contributed by atoms with E-state index in [-0.39, 0.29) is 12.1 Å². The van der Waals surface area contributed by atoms with Crippen LogP contribution in [0.4, 0.5) is 11.8 Å². The molecule has 0 spiro atoms. The van der Waals surface area contributed by atoms with Crippen molar-refractivity contribution in [1.82, 2.24) is 14.9 Å². The number of aliphatic hydroxyl groups excluding tert-OH is 1. The van der Waals surface area contributed by atoms with Crippen molar-refractivity contribution < 1.29 is 5.11 Å². The third kappa shape index (κ3) is 3.33. The average molecular weight is 331 g/mol. The number of likely N-dealkylation sites (N-methyl/N-ethyl adjacent to an activating group) is 1. The summed E-state index contributed by atoms with van der Waals surface area (Å²) in [5.41, 5.74) is 2.44. The van der Waals surface area contributed by atoms with Gasteiger partial charge in [-0.25, -0.2) is 10.8 Å². The Labute approximate surface area is 120 Å². The lowest BCUT2D eigenvalue weighted by atomic mass is 10.2. The molecule has 0 aromatic carbocycles. The summed E-state index contributed by atoms with van der Waals surface area (Å²) >= 11 is 3.45. The van der Waals surface area contributed by atoms with Crippen LogP contribution in [-0.4, -0.2) is 59.3 Å². The Bertz CT molecular complexity index is 443. The smallest absolute Gasteiger partial charge is 0.239 e. The van der Waals surface area contributed by atoms with Crippen molar-refractivity contribution in [2.24, 2.45) is 5.84 Å². The summed E-state index contributed by atoms with van der Waals surface area (Å²) in [5, 5.41) is 9.90. The maximum Gasteiger partial charge on any atom is 0.239 e. The summed E-state index contributed by atoms with van der Waals surface area (Å²) in [6, 6.07) is 0.224. The Balaban J connectivity index is 2.27. The van der Waals surface area contributed by atoms with Crippen LogP contribution in [-0.2, 0) is 0 Å². The molecule has 0 saturated carbocycles. The molecule has 2 heterocycles. The summed E-state index contributed by atoms with van der Waals surface area (Å²) in [6.07, 6.45) is 2.07. The number of rotatable bonds is 4. The van der Waals surface area contributed by atoms with E-state index in [2.05, 4.69) is 41.1 Å². The van der Waals surface area contributed by atoms with Gasteiger partial charge in [0.2, 0.25) is 5.95 Å². The van der Waals surface area contributed by atoms with Gasteiger partial charge in [0, 0.05) is 25.3 Å². The van der Waals surface area contributed by atoms with Gasteiger partial charge in [0.1, 0.15) is 5.82 Å². The fourth-order valence-electron chi connectivity index (χ4n) is 2.38. The second kappa shape index (κ2) is 6.00. The molecule has 1 aliphatic rings. The molecule has 2 unspecified atom stereocenters. The van der Waals surface area contributed by atoms with Gasteiger partial charge in [-0.2, -0.15) is 4.98 Å². The highest BCUT2D eigenvalue weighted by Crippen LogP contribution is 2.30. The molecule has 0 bridgehead atoms. The molecule has 1 fully saturated rings. The van der Waals surface area contributed by atoms with E-state index in [1.807, 2.05) is 14.1 Å². The second-order valence-corrected chi connectivity index (χ2v) is 5.82. The van der Waals surface area contributed by atoms with Crippen molar-refractivity contribution >= 4 is 27.7 Å². The number of β-amino-alcohol motifs (C(OH)–C–C–N with tert-alkyl or cyclic N) is 1. The lowest BCUT2D eigenvalue weighted by molar-refractivity contribution is 0.191. The maximum atomic E-state index is 9.90. The number of hydrazine groups is 1. The third-order valence-corrected chi connectivity index (χ3v) is 3.65. The van der Waals surface area contributed by atoms with Crippen molar-refractivity contribution in [3.8, 4) is 0 Å². The van der Waals surface area contributed by atoms with Crippen LogP contribution in [0.2, 0.25) is 0 Å².